The van der Waals surface area contributed by atoms with E-state index in [1.807, 2.05) is 54.6 Å². The molecule has 0 atom stereocenters. The number of nitrogens with one attached hydrogen (secondary N) is 1. The molecule has 0 radical (unpaired) electrons. The van der Waals surface area contributed by atoms with Gasteiger partial charge in [-0.15, -0.1) is 10.2 Å². The summed E-state index contributed by atoms with van der Waals surface area (Å²) in [5, 5.41) is 16.1. The third-order valence-corrected chi connectivity index (χ3v) is 5.74. The van der Waals surface area contributed by atoms with Crippen LogP contribution in [0.5, 0.6) is 0 Å². The third-order valence-electron chi connectivity index (χ3n) is 5.74. The number of tetrazole rings is 1. The lowest BCUT2D eigenvalue weighted by molar-refractivity contribution is -0.137. The van der Waals surface area contributed by atoms with Gasteiger partial charge >= 0.3 is 6.18 Å². The van der Waals surface area contributed by atoms with E-state index in [2.05, 4.69) is 20.7 Å². The van der Waals surface area contributed by atoms with E-state index in [1.54, 1.807) is 4.80 Å². The average Bonchev–Trinajstić information content (AvgIpc) is 3.45. The summed E-state index contributed by atoms with van der Waals surface area (Å²) in [5.41, 5.74) is 2.03. The molecular weight excluding hydrogens is 443 g/mol. The van der Waals surface area contributed by atoms with Crippen molar-refractivity contribution < 1.29 is 17.9 Å². The van der Waals surface area contributed by atoms with Gasteiger partial charge in [-0.05, 0) is 60.0 Å². The molecule has 34 heavy (non-hydrogen) atoms. The molecule has 3 aromatic carbocycles. The number of aromatic nitrogens is 4. The first kappa shape index (κ1) is 22.1. The fourth-order valence-corrected chi connectivity index (χ4v) is 3.66. The van der Waals surface area contributed by atoms with Crippen molar-refractivity contribution in [3.8, 4) is 11.4 Å². The molecule has 0 unspecified atom stereocenters. The Kier molecular flexibility index (Phi) is 5.79. The second kappa shape index (κ2) is 8.90. The molecule has 5 rings (SSSR count). The number of benzene rings is 3. The highest BCUT2D eigenvalue weighted by Gasteiger charge is 2.45. The highest BCUT2D eigenvalue weighted by Crippen LogP contribution is 2.41. The molecule has 1 heterocycles. The van der Waals surface area contributed by atoms with Gasteiger partial charge in [-0.2, -0.15) is 18.0 Å². The Hall–Kier alpha value is -3.72. The van der Waals surface area contributed by atoms with Gasteiger partial charge in [0.25, 0.3) is 0 Å². The molecule has 6 nitrogen and oxygen atoms in total. The van der Waals surface area contributed by atoms with Crippen molar-refractivity contribution in [2.45, 2.75) is 37.8 Å². The van der Waals surface area contributed by atoms with Gasteiger partial charge in [-0.1, -0.05) is 42.5 Å². The van der Waals surface area contributed by atoms with Crippen LogP contribution in [0.2, 0.25) is 0 Å². The molecule has 1 aliphatic carbocycles. The minimum atomic E-state index is -4.37. The maximum Gasteiger partial charge on any atom is 0.416 e. The zero-order valence-electron chi connectivity index (χ0n) is 18.2. The molecule has 0 spiro atoms. The smallest absolute Gasteiger partial charge is 0.368 e. The molecule has 1 saturated carbocycles. The summed E-state index contributed by atoms with van der Waals surface area (Å²) in [4.78, 5) is 1.54. The number of nitrogens with zero attached hydrogens (tertiary/aromatic N) is 4. The van der Waals surface area contributed by atoms with Gasteiger partial charge in [0.15, 0.2) is 0 Å². The summed E-state index contributed by atoms with van der Waals surface area (Å²) in [7, 11) is 0. The number of hydrogen-bond acceptors (Lipinski definition) is 5. The normalized spacial score (nSPS) is 14.7. The fourth-order valence-electron chi connectivity index (χ4n) is 3.66. The van der Waals surface area contributed by atoms with Crippen molar-refractivity contribution in [1.29, 1.82) is 0 Å². The minimum absolute atomic E-state index is 0.286. The molecule has 1 fully saturated rings. The Morgan fingerprint density at radius 3 is 2.32 bits per heavy atom. The Labute approximate surface area is 194 Å². The Morgan fingerprint density at radius 1 is 0.912 bits per heavy atom. The summed E-state index contributed by atoms with van der Waals surface area (Å²) in [6.07, 6.45) is -2.51. The standard InChI is InChI=1S/C25H22F3N5O/c26-25(27,28)19-10-12-20(13-11-19)29-22-9-5-4-8-21(22)23-30-32-33(31-23)17-24(14-15-24)34-16-18-6-2-1-3-7-18/h1-13,29H,14-17H2. The zero-order valence-corrected chi connectivity index (χ0v) is 18.2. The molecule has 1 aliphatic rings. The van der Waals surface area contributed by atoms with Crippen molar-refractivity contribution in [2.75, 3.05) is 5.32 Å². The molecule has 0 saturated heterocycles. The van der Waals surface area contributed by atoms with Crippen LogP contribution in [0.15, 0.2) is 78.9 Å². The summed E-state index contributed by atoms with van der Waals surface area (Å²) in [6, 6.07) is 22.2. The quantitative estimate of drug-likeness (QED) is 0.354. The van der Waals surface area contributed by atoms with Crippen molar-refractivity contribution in [3.63, 3.8) is 0 Å². The van der Waals surface area contributed by atoms with E-state index in [0.29, 0.717) is 35.9 Å². The predicted octanol–water partition coefficient (Wildman–Crippen LogP) is 5.85. The van der Waals surface area contributed by atoms with E-state index in [0.717, 1.165) is 30.5 Å². The maximum atomic E-state index is 12.8. The van der Waals surface area contributed by atoms with Crippen molar-refractivity contribution in [3.05, 3.63) is 90.0 Å². The van der Waals surface area contributed by atoms with Crippen LogP contribution in [0.25, 0.3) is 11.4 Å². The van der Waals surface area contributed by atoms with Crippen LogP contribution in [-0.2, 0) is 24.1 Å². The van der Waals surface area contributed by atoms with Crippen LogP contribution in [-0.4, -0.2) is 25.8 Å². The number of alkyl halides is 3. The second-order valence-electron chi connectivity index (χ2n) is 8.35. The molecule has 4 aromatic rings. The van der Waals surface area contributed by atoms with E-state index in [9.17, 15) is 13.2 Å². The van der Waals surface area contributed by atoms with Gasteiger partial charge in [0.05, 0.1) is 24.3 Å². The van der Waals surface area contributed by atoms with Gasteiger partial charge in [-0.3, -0.25) is 0 Å². The van der Waals surface area contributed by atoms with Crippen LogP contribution < -0.4 is 5.32 Å². The molecule has 1 aromatic heterocycles. The lowest BCUT2D eigenvalue weighted by atomic mass is 10.1. The van der Waals surface area contributed by atoms with E-state index in [1.165, 1.54) is 12.1 Å². The van der Waals surface area contributed by atoms with Crippen LogP contribution in [0.4, 0.5) is 24.5 Å². The third kappa shape index (κ3) is 5.09. The number of rotatable bonds is 8. The monoisotopic (exact) mass is 465 g/mol. The molecule has 0 amide bonds. The largest absolute Gasteiger partial charge is 0.416 e. The molecule has 1 N–H and O–H groups in total. The lowest BCUT2D eigenvalue weighted by Crippen LogP contribution is -2.23. The summed E-state index contributed by atoms with van der Waals surface area (Å²) >= 11 is 0. The number of anilines is 2. The number of para-hydroxylation sites is 1. The SMILES string of the molecule is FC(F)(F)c1ccc(Nc2ccccc2-c2nnn(CC3(OCc4ccccc4)CC3)n2)cc1. The molecule has 0 aliphatic heterocycles. The van der Waals surface area contributed by atoms with Gasteiger partial charge in [0.2, 0.25) is 5.82 Å². The first-order valence-corrected chi connectivity index (χ1v) is 10.9. The Morgan fingerprint density at radius 2 is 1.62 bits per heavy atom. The second-order valence-corrected chi connectivity index (χ2v) is 8.35. The first-order chi connectivity index (χ1) is 16.4. The topological polar surface area (TPSA) is 64.9 Å². The van der Waals surface area contributed by atoms with E-state index in [-0.39, 0.29) is 5.60 Å². The minimum Gasteiger partial charge on any atom is -0.368 e. The van der Waals surface area contributed by atoms with Gasteiger partial charge in [0, 0.05) is 16.9 Å². The Bertz CT molecular complexity index is 1250. The number of ether oxygens (including phenoxy) is 1. The number of halogens is 3. The highest BCUT2D eigenvalue weighted by atomic mass is 19.4. The van der Waals surface area contributed by atoms with Gasteiger partial charge < -0.3 is 10.1 Å². The van der Waals surface area contributed by atoms with Crippen molar-refractivity contribution in [2.24, 2.45) is 0 Å². The fraction of sp³-hybridized carbons (Fsp3) is 0.240. The highest BCUT2D eigenvalue weighted by molar-refractivity contribution is 5.77. The number of hydrogen-bond donors (Lipinski definition) is 1. The summed E-state index contributed by atoms with van der Waals surface area (Å²) < 4.78 is 44.7. The van der Waals surface area contributed by atoms with E-state index in [4.69, 9.17) is 4.74 Å². The molecule has 0 bridgehead atoms. The Balaban J connectivity index is 1.28. The maximum absolute atomic E-state index is 12.8. The molecule has 9 heteroatoms. The van der Waals surface area contributed by atoms with Crippen molar-refractivity contribution in [1.82, 2.24) is 20.2 Å². The molecular formula is C25H22F3N5O. The van der Waals surface area contributed by atoms with Crippen LogP contribution in [0.3, 0.4) is 0 Å². The lowest BCUT2D eigenvalue weighted by Gasteiger charge is -2.15. The zero-order chi connectivity index (χ0) is 23.6. The first-order valence-electron chi connectivity index (χ1n) is 10.9. The molecule has 174 valence electrons. The van der Waals surface area contributed by atoms with Gasteiger partial charge in [0.1, 0.15) is 0 Å². The van der Waals surface area contributed by atoms with E-state index < -0.39 is 11.7 Å². The van der Waals surface area contributed by atoms with Crippen molar-refractivity contribution >= 4 is 11.4 Å². The summed E-state index contributed by atoms with van der Waals surface area (Å²) in [5.74, 6) is 0.425. The van der Waals surface area contributed by atoms with E-state index >= 15 is 0 Å². The van der Waals surface area contributed by atoms with Gasteiger partial charge in [-0.25, -0.2) is 0 Å². The summed E-state index contributed by atoms with van der Waals surface area (Å²) in [6.45, 7) is 1.03. The average molecular weight is 465 g/mol. The van der Waals surface area contributed by atoms with Crippen LogP contribution in [0, 0.1) is 0 Å². The predicted molar refractivity (Wildman–Crippen MR) is 121 cm³/mol. The van der Waals surface area contributed by atoms with Crippen LogP contribution >= 0.6 is 0 Å². The van der Waals surface area contributed by atoms with Crippen LogP contribution in [0.1, 0.15) is 24.0 Å².